The number of nitrogen functional groups attached to an aromatic ring is 1. The van der Waals surface area contributed by atoms with Gasteiger partial charge in [0.1, 0.15) is 23.6 Å². The van der Waals surface area contributed by atoms with Crippen LogP contribution >= 0.6 is 0 Å². The zero-order chi connectivity index (χ0) is 21.8. The number of nitrogens with two attached hydrogens (primary N) is 1. The highest BCUT2D eigenvalue weighted by atomic mass is 19.1. The van der Waals surface area contributed by atoms with E-state index in [9.17, 15) is 13.6 Å². The molecule has 0 saturated carbocycles. The third-order valence-corrected chi connectivity index (χ3v) is 5.04. The Bertz CT molecular complexity index is 1070. The summed E-state index contributed by atoms with van der Waals surface area (Å²) in [5, 5.41) is 0. The van der Waals surface area contributed by atoms with Gasteiger partial charge in [0.25, 0.3) is 5.91 Å². The van der Waals surface area contributed by atoms with Crippen molar-refractivity contribution in [3.8, 4) is 0 Å². The number of hydrazine groups is 1. The summed E-state index contributed by atoms with van der Waals surface area (Å²) in [6.07, 6.45) is 1.35. The molecule has 2 heterocycles. The fraction of sp³-hybridized carbons (Fsp3) is 0.190. The van der Waals surface area contributed by atoms with Crippen molar-refractivity contribution in [2.75, 3.05) is 47.1 Å². The summed E-state index contributed by atoms with van der Waals surface area (Å²) in [5.74, 6) is -0.359. The molecule has 4 N–H and O–H groups in total. The number of rotatable bonds is 5. The molecule has 1 amide bonds. The van der Waals surface area contributed by atoms with Gasteiger partial charge in [-0.25, -0.2) is 18.7 Å². The van der Waals surface area contributed by atoms with Gasteiger partial charge in [-0.2, -0.15) is 0 Å². The molecule has 2 aromatic carbocycles. The van der Waals surface area contributed by atoms with Crippen LogP contribution in [0.2, 0.25) is 0 Å². The molecule has 0 atom stereocenters. The van der Waals surface area contributed by atoms with Crippen LogP contribution in [0.5, 0.6) is 0 Å². The van der Waals surface area contributed by atoms with Crippen molar-refractivity contribution in [1.82, 2.24) is 15.4 Å². The summed E-state index contributed by atoms with van der Waals surface area (Å²) >= 11 is 0. The van der Waals surface area contributed by atoms with Crippen molar-refractivity contribution in [3.63, 3.8) is 0 Å². The highest BCUT2D eigenvalue weighted by Crippen LogP contribution is 2.28. The van der Waals surface area contributed by atoms with Crippen molar-refractivity contribution in [1.29, 1.82) is 0 Å². The molecular weight excluding hydrogens is 404 g/mol. The normalized spacial score (nSPS) is 13.7. The molecule has 0 spiro atoms. The molecule has 4 rings (SSSR count). The molecular formula is C21H21F2N7O. The molecule has 0 unspecified atom stereocenters. The van der Waals surface area contributed by atoms with Crippen LogP contribution < -0.4 is 26.4 Å². The van der Waals surface area contributed by atoms with Crippen molar-refractivity contribution in [3.05, 3.63) is 72.1 Å². The summed E-state index contributed by atoms with van der Waals surface area (Å²) in [7, 11) is 0. The first-order valence-electron chi connectivity index (χ1n) is 9.70. The molecule has 8 nitrogen and oxygen atoms in total. The Labute approximate surface area is 177 Å². The van der Waals surface area contributed by atoms with E-state index in [-0.39, 0.29) is 22.9 Å². The van der Waals surface area contributed by atoms with Gasteiger partial charge in [-0.15, -0.1) is 0 Å². The van der Waals surface area contributed by atoms with Crippen molar-refractivity contribution < 1.29 is 13.6 Å². The molecule has 1 aliphatic rings. The highest BCUT2D eigenvalue weighted by Gasteiger charge is 2.23. The van der Waals surface area contributed by atoms with Crippen molar-refractivity contribution in [2.45, 2.75) is 0 Å². The average Bonchev–Trinajstić information content (AvgIpc) is 2.79. The van der Waals surface area contributed by atoms with Gasteiger partial charge >= 0.3 is 0 Å². The van der Waals surface area contributed by atoms with E-state index in [1.807, 2.05) is 15.9 Å². The predicted molar refractivity (Wildman–Crippen MR) is 115 cm³/mol. The van der Waals surface area contributed by atoms with Crippen LogP contribution in [0.25, 0.3) is 0 Å². The molecule has 3 aromatic rings. The van der Waals surface area contributed by atoms with E-state index in [1.165, 1.54) is 36.7 Å². The standard InChI is InChI=1S/C21H21F2N7O/c22-15-7-5-14(6-8-15)21(31)28-27-19-18(24)20(26-13-25-19)30-11-9-29(10-12-30)17-4-2-1-3-16(17)23/h1-8,13H,9-12,24H2,(H,28,31)(H,25,26,27). The molecule has 1 aliphatic heterocycles. The number of nitrogens with one attached hydrogen (secondary N) is 2. The lowest BCUT2D eigenvalue weighted by Gasteiger charge is -2.37. The monoisotopic (exact) mass is 425 g/mol. The summed E-state index contributed by atoms with van der Waals surface area (Å²) < 4.78 is 27.1. The smallest absolute Gasteiger partial charge is 0.269 e. The summed E-state index contributed by atoms with van der Waals surface area (Å²) in [5.41, 5.74) is 12.5. The number of halogens is 2. The summed E-state index contributed by atoms with van der Waals surface area (Å²) in [4.78, 5) is 24.5. The number of hydrogen-bond donors (Lipinski definition) is 3. The van der Waals surface area contributed by atoms with Gasteiger partial charge in [-0.05, 0) is 36.4 Å². The Hall–Kier alpha value is -3.95. The van der Waals surface area contributed by atoms with Crippen LogP contribution in [0, 0.1) is 11.6 Å². The molecule has 1 aromatic heterocycles. The second-order valence-corrected chi connectivity index (χ2v) is 6.97. The Morgan fingerprint density at radius 2 is 1.61 bits per heavy atom. The van der Waals surface area contributed by atoms with Crippen LogP contribution in [-0.2, 0) is 0 Å². The topological polar surface area (TPSA) is 99.4 Å². The Kier molecular flexibility index (Phi) is 5.78. The second-order valence-electron chi connectivity index (χ2n) is 6.97. The summed E-state index contributed by atoms with van der Waals surface area (Å²) in [6, 6.07) is 11.8. The minimum Gasteiger partial charge on any atom is -0.393 e. The first kappa shape index (κ1) is 20.3. The largest absolute Gasteiger partial charge is 0.393 e. The third kappa shape index (κ3) is 4.47. The lowest BCUT2D eigenvalue weighted by Crippen LogP contribution is -2.47. The van der Waals surface area contributed by atoms with Crippen molar-refractivity contribution in [2.24, 2.45) is 0 Å². The van der Waals surface area contributed by atoms with E-state index in [2.05, 4.69) is 20.8 Å². The number of benzene rings is 2. The minimum atomic E-state index is -0.460. The van der Waals surface area contributed by atoms with E-state index in [1.54, 1.807) is 12.1 Å². The SMILES string of the molecule is Nc1c(NNC(=O)c2ccc(F)cc2)ncnc1N1CCN(c2ccccc2F)CC1. The fourth-order valence-electron chi connectivity index (χ4n) is 3.39. The second kappa shape index (κ2) is 8.82. The van der Waals surface area contributed by atoms with E-state index in [0.29, 0.717) is 37.7 Å². The number of carbonyl (C=O) groups is 1. The number of carbonyl (C=O) groups excluding carboxylic acids is 1. The number of hydrogen-bond acceptors (Lipinski definition) is 7. The summed E-state index contributed by atoms with van der Waals surface area (Å²) in [6.45, 7) is 2.40. The van der Waals surface area contributed by atoms with E-state index in [0.717, 1.165) is 0 Å². The highest BCUT2D eigenvalue weighted by molar-refractivity contribution is 5.95. The molecule has 10 heteroatoms. The van der Waals surface area contributed by atoms with Gasteiger partial charge in [0.2, 0.25) is 0 Å². The van der Waals surface area contributed by atoms with Gasteiger partial charge in [0, 0.05) is 31.7 Å². The molecule has 0 bridgehead atoms. The Morgan fingerprint density at radius 1 is 0.935 bits per heavy atom. The number of anilines is 4. The number of piperazine rings is 1. The minimum absolute atomic E-state index is 0.247. The van der Waals surface area contributed by atoms with E-state index >= 15 is 0 Å². The molecule has 31 heavy (non-hydrogen) atoms. The number of nitrogens with zero attached hydrogens (tertiary/aromatic N) is 4. The van der Waals surface area contributed by atoms with Crippen LogP contribution in [0.15, 0.2) is 54.9 Å². The van der Waals surface area contributed by atoms with Crippen LogP contribution in [0.4, 0.5) is 31.8 Å². The zero-order valence-corrected chi connectivity index (χ0v) is 16.6. The molecule has 1 saturated heterocycles. The maximum atomic E-state index is 14.0. The molecule has 160 valence electrons. The third-order valence-electron chi connectivity index (χ3n) is 5.04. The number of para-hydroxylation sites is 1. The molecule has 1 fully saturated rings. The van der Waals surface area contributed by atoms with Gasteiger partial charge in [-0.1, -0.05) is 12.1 Å². The van der Waals surface area contributed by atoms with Crippen LogP contribution in [-0.4, -0.2) is 42.1 Å². The molecule has 0 aliphatic carbocycles. The quantitative estimate of drug-likeness (QED) is 0.540. The predicted octanol–water partition coefficient (Wildman–Crippen LogP) is 2.42. The van der Waals surface area contributed by atoms with Gasteiger partial charge < -0.3 is 15.5 Å². The van der Waals surface area contributed by atoms with E-state index < -0.39 is 11.7 Å². The lowest BCUT2D eigenvalue weighted by molar-refractivity contribution is 0.0962. The van der Waals surface area contributed by atoms with Gasteiger partial charge in [0.05, 0.1) is 5.69 Å². The van der Waals surface area contributed by atoms with Gasteiger partial charge in [0.15, 0.2) is 11.6 Å². The van der Waals surface area contributed by atoms with Crippen LogP contribution in [0.3, 0.4) is 0 Å². The van der Waals surface area contributed by atoms with Gasteiger partial charge in [-0.3, -0.25) is 15.6 Å². The number of aromatic nitrogens is 2. The Balaban J connectivity index is 1.40. The maximum Gasteiger partial charge on any atom is 0.269 e. The first-order valence-corrected chi connectivity index (χ1v) is 9.70. The fourth-order valence-corrected chi connectivity index (χ4v) is 3.39. The van der Waals surface area contributed by atoms with Crippen LogP contribution in [0.1, 0.15) is 10.4 Å². The first-order chi connectivity index (χ1) is 15.0. The molecule has 0 radical (unpaired) electrons. The number of amides is 1. The average molecular weight is 425 g/mol. The van der Waals surface area contributed by atoms with Crippen molar-refractivity contribution >= 4 is 28.9 Å². The van der Waals surface area contributed by atoms with E-state index in [4.69, 9.17) is 5.73 Å². The Morgan fingerprint density at radius 3 is 2.32 bits per heavy atom. The maximum absolute atomic E-state index is 14.0. The zero-order valence-electron chi connectivity index (χ0n) is 16.6. The lowest BCUT2D eigenvalue weighted by atomic mass is 10.2.